The predicted molar refractivity (Wildman–Crippen MR) is 130 cm³/mol. The highest BCUT2D eigenvalue weighted by Gasteiger charge is 2.32. The van der Waals surface area contributed by atoms with Gasteiger partial charge in [-0.15, -0.1) is 0 Å². The highest BCUT2D eigenvalue weighted by atomic mass is 28.3. The standard InChI is InChI=1S/C26H30Si2/c1-27(2,23-9-5-6-10-23)25-17-13-21(14-18-25)22-15-19-26(20-16-22)28(3,4)24-11-7-8-12-24/h5-20,23-24H,1-4H3. The van der Waals surface area contributed by atoms with Crippen LogP contribution in [0.2, 0.25) is 37.3 Å². The largest absolute Gasteiger partial charge is 0.0911 e. The van der Waals surface area contributed by atoms with Gasteiger partial charge >= 0.3 is 0 Å². The number of rotatable bonds is 5. The smallest absolute Gasteiger partial charge is 0.0800 e. The van der Waals surface area contributed by atoms with Crippen LogP contribution in [0.5, 0.6) is 0 Å². The Kier molecular flexibility index (Phi) is 5.02. The minimum Gasteiger partial charge on any atom is -0.0800 e. The molecule has 2 aliphatic carbocycles. The maximum absolute atomic E-state index is 2.47. The number of hydrogen-bond donors (Lipinski definition) is 0. The van der Waals surface area contributed by atoms with Crippen LogP contribution in [0.1, 0.15) is 0 Å². The second-order valence-electron chi connectivity index (χ2n) is 9.19. The van der Waals surface area contributed by atoms with E-state index in [4.69, 9.17) is 0 Å². The van der Waals surface area contributed by atoms with Crippen LogP contribution in [0.15, 0.2) is 97.1 Å². The van der Waals surface area contributed by atoms with Crippen LogP contribution in [0.25, 0.3) is 11.1 Å². The first kappa shape index (κ1) is 19.2. The van der Waals surface area contributed by atoms with E-state index in [1.54, 1.807) is 0 Å². The van der Waals surface area contributed by atoms with Gasteiger partial charge in [0.05, 0.1) is 16.1 Å². The molecule has 0 amide bonds. The van der Waals surface area contributed by atoms with Crippen molar-refractivity contribution in [2.75, 3.05) is 0 Å². The number of allylic oxidation sites excluding steroid dienone is 8. The van der Waals surface area contributed by atoms with Gasteiger partial charge in [0.2, 0.25) is 0 Å². The molecule has 2 aromatic rings. The highest BCUT2D eigenvalue weighted by molar-refractivity contribution is 6.92. The Morgan fingerprint density at radius 3 is 1.04 bits per heavy atom. The molecule has 0 bridgehead atoms. The van der Waals surface area contributed by atoms with Gasteiger partial charge < -0.3 is 0 Å². The topological polar surface area (TPSA) is 0 Å². The van der Waals surface area contributed by atoms with E-state index in [-0.39, 0.29) is 0 Å². The molecule has 28 heavy (non-hydrogen) atoms. The molecule has 0 saturated heterocycles. The van der Waals surface area contributed by atoms with Gasteiger partial charge in [0.25, 0.3) is 0 Å². The summed E-state index contributed by atoms with van der Waals surface area (Å²) in [5, 5.41) is 3.06. The molecular formula is C26H30Si2. The quantitative estimate of drug-likeness (QED) is 0.528. The Morgan fingerprint density at radius 2 is 0.750 bits per heavy atom. The molecule has 2 heteroatoms. The Morgan fingerprint density at radius 1 is 0.464 bits per heavy atom. The maximum Gasteiger partial charge on any atom is 0.0911 e. The second kappa shape index (κ2) is 7.34. The SMILES string of the molecule is C[Si](C)(c1ccc(-c2ccc([Si](C)(C)C3C=CC=C3)cc2)cc1)C1C=CC=C1. The molecule has 0 atom stereocenters. The number of hydrogen-bond acceptors (Lipinski definition) is 0. The highest BCUT2D eigenvalue weighted by Crippen LogP contribution is 2.30. The summed E-state index contributed by atoms with van der Waals surface area (Å²) in [5.74, 6) is 0. The van der Waals surface area contributed by atoms with Crippen LogP contribution >= 0.6 is 0 Å². The lowest BCUT2D eigenvalue weighted by Crippen LogP contribution is -2.44. The Hall–Kier alpha value is -2.17. The molecule has 0 aliphatic heterocycles. The van der Waals surface area contributed by atoms with Crippen LogP contribution < -0.4 is 10.4 Å². The van der Waals surface area contributed by atoms with Crippen LogP contribution in [0.3, 0.4) is 0 Å². The van der Waals surface area contributed by atoms with Crippen LogP contribution in [-0.2, 0) is 0 Å². The fourth-order valence-electron chi connectivity index (χ4n) is 4.40. The summed E-state index contributed by atoms with van der Waals surface area (Å²) in [5.41, 5.74) is 3.86. The van der Waals surface area contributed by atoms with Gasteiger partial charge in [0, 0.05) is 0 Å². The maximum atomic E-state index is 2.47. The van der Waals surface area contributed by atoms with Crippen molar-refractivity contribution in [2.24, 2.45) is 0 Å². The summed E-state index contributed by atoms with van der Waals surface area (Å²) >= 11 is 0. The zero-order valence-corrected chi connectivity index (χ0v) is 19.4. The van der Waals surface area contributed by atoms with Crippen molar-refractivity contribution in [1.29, 1.82) is 0 Å². The summed E-state index contributed by atoms with van der Waals surface area (Å²) in [6.45, 7) is 9.89. The first-order valence-corrected chi connectivity index (χ1v) is 16.5. The van der Waals surface area contributed by atoms with Crippen LogP contribution in [0, 0.1) is 0 Å². The molecule has 4 rings (SSSR count). The Labute approximate surface area is 172 Å². The van der Waals surface area contributed by atoms with E-state index >= 15 is 0 Å². The van der Waals surface area contributed by atoms with Crippen LogP contribution in [0.4, 0.5) is 0 Å². The number of benzene rings is 2. The van der Waals surface area contributed by atoms with Crippen molar-refractivity contribution in [3.05, 3.63) is 97.1 Å². The molecule has 0 spiro atoms. The first-order chi connectivity index (χ1) is 13.4. The van der Waals surface area contributed by atoms with Gasteiger partial charge in [0.15, 0.2) is 0 Å². The van der Waals surface area contributed by atoms with Crippen LogP contribution in [-0.4, -0.2) is 16.1 Å². The molecule has 0 unspecified atom stereocenters. The molecule has 0 saturated carbocycles. The van der Waals surface area contributed by atoms with Crippen molar-refractivity contribution in [3.63, 3.8) is 0 Å². The summed E-state index contributed by atoms with van der Waals surface area (Å²) < 4.78 is 0. The summed E-state index contributed by atoms with van der Waals surface area (Å²) in [6.07, 6.45) is 18.2. The van der Waals surface area contributed by atoms with Gasteiger partial charge in [-0.2, -0.15) is 0 Å². The lowest BCUT2D eigenvalue weighted by Gasteiger charge is -2.28. The molecule has 0 radical (unpaired) electrons. The van der Waals surface area contributed by atoms with E-state index in [2.05, 4.69) is 123 Å². The van der Waals surface area contributed by atoms with E-state index in [9.17, 15) is 0 Å². The predicted octanol–water partition coefficient (Wildman–Crippen LogP) is 6.18. The van der Waals surface area contributed by atoms with Gasteiger partial charge in [-0.1, -0.05) is 134 Å². The van der Waals surface area contributed by atoms with E-state index in [1.165, 1.54) is 21.5 Å². The van der Waals surface area contributed by atoms with Gasteiger partial charge in [-0.25, -0.2) is 0 Å². The van der Waals surface area contributed by atoms with E-state index < -0.39 is 16.1 Å². The molecule has 2 aliphatic rings. The summed E-state index contributed by atoms with van der Waals surface area (Å²) in [4.78, 5) is 0. The average Bonchev–Trinajstić information content (AvgIpc) is 3.42. The van der Waals surface area contributed by atoms with Crippen molar-refractivity contribution >= 4 is 26.5 Å². The molecule has 0 nitrogen and oxygen atoms in total. The minimum atomic E-state index is -1.50. The fraction of sp³-hybridized carbons (Fsp3) is 0.231. The zero-order valence-electron chi connectivity index (χ0n) is 17.4. The summed E-state index contributed by atoms with van der Waals surface area (Å²) in [7, 11) is -3.00. The molecule has 0 aromatic heterocycles. The normalized spacial score (nSPS) is 17.1. The Bertz CT molecular complexity index is 849. The lowest BCUT2D eigenvalue weighted by atomic mass is 10.1. The van der Waals surface area contributed by atoms with Crippen molar-refractivity contribution < 1.29 is 0 Å². The molecule has 142 valence electrons. The molecule has 0 N–H and O–H groups in total. The van der Waals surface area contributed by atoms with Gasteiger partial charge in [-0.3, -0.25) is 0 Å². The van der Waals surface area contributed by atoms with Gasteiger partial charge in [0.1, 0.15) is 0 Å². The first-order valence-electron chi connectivity index (χ1n) is 10.3. The third-order valence-corrected chi connectivity index (χ3v) is 14.5. The van der Waals surface area contributed by atoms with E-state index in [0.717, 1.165) is 0 Å². The van der Waals surface area contributed by atoms with E-state index in [1.807, 2.05) is 0 Å². The molecular weight excluding hydrogens is 368 g/mol. The van der Waals surface area contributed by atoms with Gasteiger partial charge in [-0.05, 0) is 22.2 Å². The zero-order chi connectivity index (χ0) is 19.8. The third kappa shape index (κ3) is 3.47. The molecule has 0 fully saturated rings. The lowest BCUT2D eigenvalue weighted by molar-refractivity contribution is 1.31. The monoisotopic (exact) mass is 398 g/mol. The third-order valence-electron chi connectivity index (χ3n) is 6.75. The molecule has 2 aromatic carbocycles. The fourth-order valence-corrected chi connectivity index (χ4v) is 9.59. The van der Waals surface area contributed by atoms with Crippen molar-refractivity contribution in [1.82, 2.24) is 0 Å². The van der Waals surface area contributed by atoms with E-state index in [0.29, 0.717) is 11.1 Å². The minimum absolute atomic E-state index is 0.614. The second-order valence-corrected chi connectivity index (χ2v) is 18.6. The molecule has 0 heterocycles. The van der Waals surface area contributed by atoms with Crippen molar-refractivity contribution in [2.45, 2.75) is 37.3 Å². The Balaban J connectivity index is 1.55. The van der Waals surface area contributed by atoms with Crippen molar-refractivity contribution in [3.8, 4) is 11.1 Å². The average molecular weight is 399 g/mol. The summed E-state index contributed by atoms with van der Waals surface area (Å²) in [6, 6.07) is 18.7.